The molecule has 21 heavy (non-hydrogen) atoms. The van der Waals surface area contributed by atoms with Crippen LogP contribution in [0.5, 0.6) is 11.5 Å². The summed E-state index contributed by atoms with van der Waals surface area (Å²) in [6, 6.07) is 5.38. The molecule has 0 spiro atoms. The van der Waals surface area contributed by atoms with Crippen LogP contribution in [0.15, 0.2) is 35.6 Å². The lowest BCUT2D eigenvalue weighted by Crippen LogP contribution is -2.12. The summed E-state index contributed by atoms with van der Waals surface area (Å²) in [5.41, 5.74) is -0.0260. The summed E-state index contributed by atoms with van der Waals surface area (Å²) in [7, 11) is 0. The first-order valence-electron chi connectivity index (χ1n) is 5.87. The SMILES string of the molecule is Cc1c(O)ccc(/C(=N\N)c2ncccc2[N+](=O)[O-])c1O. The Balaban J connectivity index is 2.68. The molecule has 0 unspecified atom stereocenters. The number of nitro groups is 1. The van der Waals surface area contributed by atoms with Crippen LogP contribution in [0.2, 0.25) is 0 Å². The molecule has 0 radical (unpaired) electrons. The molecule has 0 bridgehead atoms. The first-order valence-corrected chi connectivity index (χ1v) is 5.87. The quantitative estimate of drug-likeness (QED) is 0.338. The summed E-state index contributed by atoms with van der Waals surface area (Å²) in [5, 5.41) is 34.2. The molecular formula is C13H12N4O4. The van der Waals surface area contributed by atoms with Crippen LogP contribution in [0.4, 0.5) is 5.69 Å². The van der Waals surface area contributed by atoms with Crippen molar-refractivity contribution < 1.29 is 15.1 Å². The number of pyridine rings is 1. The number of aromatic nitrogens is 1. The first kappa shape index (κ1) is 14.3. The van der Waals surface area contributed by atoms with Crippen LogP contribution in [-0.2, 0) is 0 Å². The molecule has 0 atom stereocenters. The molecule has 2 rings (SSSR count). The van der Waals surface area contributed by atoms with Gasteiger partial charge in [0.2, 0.25) is 0 Å². The molecular weight excluding hydrogens is 276 g/mol. The van der Waals surface area contributed by atoms with Crippen molar-refractivity contribution in [2.75, 3.05) is 0 Å². The Bertz CT molecular complexity index is 743. The van der Waals surface area contributed by atoms with Crippen LogP contribution in [0.3, 0.4) is 0 Å². The molecule has 1 aromatic carbocycles. The smallest absolute Gasteiger partial charge is 0.297 e. The zero-order chi connectivity index (χ0) is 15.6. The Labute approximate surface area is 119 Å². The number of hydrogen-bond acceptors (Lipinski definition) is 7. The minimum atomic E-state index is -0.613. The number of nitrogens with two attached hydrogens (primary N) is 1. The maximum Gasteiger partial charge on any atom is 0.297 e. The Morgan fingerprint density at radius 3 is 2.71 bits per heavy atom. The summed E-state index contributed by atoms with van der Waals surface area (Å²) in [6.45, 7) is 1.50. The Morgan fingerprint density at radius 1 is 1.38 bits per heavy atom. The maximum absolute atomic E-state index is 11.0. The van der Waals surface area contributed by atoms with Crippen molar-refractivity contribution in [1.82, 2.24) is 4.98 Å². The fourth-order valence-electron chi connectivity index (χ4n) is 1.87. The molecule has 1 aromatic heterocycles. The highest BCUT2D eigenvalue weighted by Crippen LogP contribution is 2.32. The van der Waals surface area contributed by atoms with Crippen LogP contribution >= 0.6 is 0 Å². The second-order valence-corrected chi connectivity index (χ2v) is 4.21. The van der Waals surface area contributed by atoms with Gasteiger partial charge in [-0.25, -0.2) is 4.98 Å². The minimum absolute atomic E-state index is 0.0390. The lowest BCUT2D eigenvalue weighted by molar-refractivity contribution is -0.385. The molecule has 0 aliphatic rings. The third-order valence-corrected chi connectivity index (χ3v) is 2.99. The van der Waals surface area contributed by atoms with Crippen molar-refractivity contribution >= 4 is 11.4 Å². The van der Waals surface area contributed by atoms with Gasteiger partial charge in [-0.05, 0) is 25.1 Å². The Morgan fingerprint density at radius 2 is 2.10 bits per heavy atom. The summed E-state index contributed by atoms with van der Waals surface area (Å²) < 4.78 is 0. The molecule has 0 amide bonds. The largest absolute Gasteiger partial charge is 0.508 e. The zero-order valence-corrected chi connectivity index (χ0v) is 11.0. The van der Waals surface area contributed by atoms with Crippen molar-refractivity contribution in [3.05, 3.63) is 57.4 Å². The lowest BCUT2D eigenvalue weighted by atomic mass is 10.0. The van der Waals surface area contributed by atoms with Crippen LogP contribution in [0, 0.1) is 17.0 Å². The van der Waals surface area contributed by atoms with Gasteiger partial charge in [0.25, 0.3) is 5.69 Å². The van der Waals surface area contributed by atoms with E-state index in [-0.39, 0.29) is 39.7 Å². The van der Waals surface area contributed by atoms with E-state index in [9.17, 15) is 20.3 Å². The molecule has 0 aliphatic carbocycles. The average molecular weight is 288 g/mol. The number of aromatic hydroxyl groups is 2. The summed E-state index contributed by atoms with van der Waals surface area (Å²) in [4.78, 5) is 14.3. The highest BCUT2D eigenvalue weighted by atomic mass is 16.6. The molecule has 4 N–H and O–H groups in total. The van der Waals surface area contributed by atoms with E-state index in [2.05, 4.69) is 10.1 Å². The van der Waals surface area contributed by atoms with E-state index in [1.54, 1.807) is 0 Å². The molecule has 0 saturated heterocycles. The van der Waals surface area contributed by atoms with Gasteiger partial charge in [0.05, 0.1) is 4.92 Å². The van der Waals surface area contributed by atoms with Crippen molar-refractivity contribution in [3.63, 3.8) is 0 Å². The second kappa shape index (κ2) is 5.45. The van der Waals surface area contributed by atoms with Crippen LogP contribution in [0.25, 0.3) is 0 Å². The topological polar surface area (TPSA) is 135 Å². The number of rotatable bonds is 3. The fraction of sp³-hybridized carbons (Fsp3) is 0.0769. The maximum atomic E-state index is 11.0. The monoisotopic (exact) mass is 288 g/mol. The number of hydrazone groups is 1. The van der Waals surface area contributed by atoms with Gasteiger partial charge in [-0.1, -0.05) is 0 Å². The van der Waals surface area contributed by atoms with Crippen LogP contribution < -0.4 is 5.84 Å². The van der Waals surface area contributed by atoms with E-state index in [4.69, 9.17) is 5.84 Å². The van der Waals surface area contributed by atoms with Gasteiger partial charge in [0.1, 0.15) is 17.2 Å². The van der Waals surface area contributed by atoms with E-state index in [1.807, 2.05) is 0 Å². The van der Waals surface area contributed by atoms with Gasteiger partial charge in [0.15, 0.2) is 5.69 Å². The second-order valence-electron chi connectivity index (χ2n) is 4.21. The van der Waals surface area contributed by atoms with Crippen molar-refractivity contribution in [1.29, 1.82) is 0 Å². The van der Waals surface area contributed by atoms with Gasteiger partial charge < -0.3 is 16.1 Å². The number of benzene rings is 1. The molecule has 2 aromatic rings. The number of nitrogens with zero attached hydrogens (tertiary/aromatic N) is 3. The molecule has 0 saturated carbocycles. The number of hydrogen-bond donors (Lipinski definition) is 3. The normalized spacial score (nSPS) is 11.4. The average Bonchev–Trinajstić information content (AvgIpc) is 2.48. The van der Waals surface area contributed by atoms with E-state index in [0.29, 0.717) is 0 Å². The predicted octanol–water partition coefficient (Wildman–Crippen LogP) is 1.42. The fourth-order valence-corrected chi connectivity index (χ4v) is 1.87. The zero-order valence-electron chi connectivity index (χ0n) is 11.0. The highest BCUT2D eigenvalue weighted by Gasteiger charge is 2.24. The van der Waals surface area contributed by atoms with E-state index in [0.717, 1.165) is 0 Å². The number of phenolic OH excluding ortho intramolecular Hbond substituents is 2. The number of phenols is 2. The minimum Gasteiger partial charge on any atom is -0.508 e. The molecule has 0 fully saturated rings. The molecule has 1 heterocycles. The Kier molecular flexibility index (Phi) is 3.70. The standard InChI is InChI=1S/C13H12N4O4/c1-7-10(18)5-4-8(13(7)19)11(16-14)12-9(17(20)21)3-2-6-15-12/h2-6,18-19H,14H2,1H3/b16-11+. The van der Waals surface area contributed by atoms with E-state index >= 15 is 0 Å². The van der Waals surface area contributed by atoms with Crippen molar-refractivity contribution in [2.45, 2.75) is 6.92 Å². The third-order valence-electron chi connectivity index (χ3n) is 2.99. The predicted molar refractivity (Wildman–Crippen MR) is 75.2 cm³/mol. The third kappa shape index (κ3) is 2.46. The Hall–Kier alpha value is -3.16. The molecule has 0 aliphatic heterocycles. The van der Waals surface area contributed by atoms with E-state index < -0.39 is 4.92 Å². The van der Waals surface area contributed by atoms with E-state index in [1.165, 1.54) is 37.4 Å². The van der Waals surface area contributed by atoms with Gasteiger partial charge in [-0.3, -0.25) is 10.1 Å². The van der Waals surface area contributed by atoms with Gasteiger partial charge >= 0.3 is 0 Å². The molecule has 8 nitrogen and oxygen atoms in total. The van der Waals surface area contributed by atoms with Crippen LogP contribution in [0.1, 0.15) is 16.8 Å². The summed E-state index contributed by atoms with van der Waals surface area (Å²) in [5.74, 6) is 4.94. The lowest BCUT2D eigenvalue weighted by Gasteiger charge is -2.10. The summed E-state index contributed by atoms with van der Waals surface area (Å²) in [6.07, 6.45) is 1.36. The van der Waals surface area contributed by atoms with Gasteiger partial charge in [-0.2, -0.15) is 5.10 Å². The van der Waals surface area contributed by atoms with Gasteiger partial charge in [0, 0.05) is 23.4 Å². The summed E-state index contributed by atoms with van der Waals surface area (Å²) >= 11 is 0. The van der Waals surface area contributed by atoms with Crippen LogP contribution in [-0.4, -0.2) is 25.8 Å². The molecule has 8 heteroatoms. The van der Waals surface area contributed by atoms with Crippen molar-refractivity contribution in [2.24, 2.45) is 10.9 Å². The van der Waals surface area contributed by atoms with Crippen molar-refractivity contribution in [3.8, 4) is 11.5 Å². The molecule has 108 valence electrons. The van der Waals surface area contributed by atoms with Gasteiger partial charge in [-0.15, -0.1) is 0 Å². The first-order chi connectivity index (χ1) is 9.97. The highest BCUT2D eigenvalue weighted by molar-refractivity contribution is 6.15.